The van der Waals surface area contributed by atoms with E-state index in [2.05, 4.69) is 37.1 Å². The summed E-state index contributed by atoms with van der Waals surface area (Å²) in [7, 11) is 0. The van der Waals surface area contributed by atoms with E-state index in [9.17, 15) is 22.8 Å². The first-order valence-electron chi connectivity index (χ1n) is 13.4. The van der Waals surface area contributed by atoms with Crippen LogP contribution >= 0.6 is 11.6 Å². The summed E-state index contributed by atoms with van der Waals surface area (Å²) in [4.78, 5) is 34.8. The summed E-state index contributed by atoms with van der Waals surface area (Å²) in [5, 5.41) is 11.8. The van der Waals surface area contributed by atoms with Crippen LogP contribution in [0, 0.1) is 11.9 Å². The fourth-order valence-electron chi connectivity index (χ4n) is 5.83. The van der Waals surface area contributed by atoms with Gasteiger partial charge in [0, 0.05) is 39.3 Å². The Hall–Kier alpha value is -5.37. The van der Waals surface area contributed by atoms with Gasteiger partial charge in [-0.05, 0) is 70.3 Å². The van der Waals surface area contributed by atoms with Gasteiger partial charge in [0.2, 0.25) is 5.95 Å². The van der Waals surface area contributed by atoms with Gasteiger partial charge in [0.05, 0.1) is 5.69 Å². The number of fused-ring (bicyclic) bond motifs is 2. The van der Waals surface area contributed by atoms with Gasteiger partial charge >= 0.3 is 6.18 Å². The van der Waals surface area contributed by atoms with E-state index in [1.807, 2.05) is 6.07 Å². The number of imidazole rings is 1. The van der Waals surface area contributed by atoms with E-state index in [1.54, 1.807) is 24.3 Å². The highest BCUT2D eigenvalue weighted by Gasteiger charge is 2.36. The molecule has 1 aliphatic heterocycles. The highest BCUT2D eigenvalue weighted by molar-refractivity contribution is 6.31. The predicted molar refractivity (Wildman–Crippen MR) is 157 cm³/mol. The summed E-state index contributed by atoms with van der Waals surface area (Å²) in [6.45, 7) is 3.91. The Morgan fingerprint density at radius 1 is 1.02 bits per heavy atom. The molecule has 4 aromatic heterocycles. The van der Waals surface area contributed by atoms with Gasteiger partial charge in [-0.1, -0.05) is 23.7 Å². The number of halogens is 5. The number of alkyl halides is 3. The highest BCUT2D eigenvalue weighted by Crippen LogP contribution is 2.39. The quantitative estimate of drug-likeness (QED) is 0.191. The molecule has 0 bridgehead atoms. The minimum absolute atomic E-state index is 0.0518. The monoisotopic (exact) mass is 634 g/mol. The fraction of sp³-hybridized carbons (Fsp3) is 0.133. The second-order valence-corrected chi connectivity index (χ2v) is 10.9. The zero-order valence-corrected chi connectivity index (χ0v) is 23.6. The summed E-state index contributed by atoms with van der Waals surface area (Å²) in [5.74, 6) is -1.12. The highest BCUT2D eigenvalue weighted by atomic mass is 35.5. The van der Waals surface area contributed by atoms with Gasteiger partial charge in [-0.25, -0.2) is 4.98 Å². The lowest BCUT2D eigenvalue weighted by Gasteiger charge is -2.17. The minimum atomic E-state index is -4.87. The van der Waals surface area contributed by atoms with Crippen molar-refractivity contribution < 1.29 is 17.6 Å². The van der Waals surface area contributed by atoms with E-state index in [4.69, 9.17) is 11.6 Å². The number of H-pyrrole nitrogens is 2. The molecule has 15 heteroatoms. The number of allylic oxidation sites excluding steroid dienone is 1. The number of rotatable bonds is 5. The maximum atomic E-state index is 15.4. The van der Waals surface area contributed by atoms with E-state index in [-0.39, 0.29) is 39.5 Å². The van der Waals surface area contributed by atoms with Crippen molar-refractivity contribution in [3.05, 3.63) is 122 Å². The SMILES string of the molecule is C=C[C@H]1Cc2cc(-c3cc(Cl)ccc3-n3cnnn3)cc(=O)n2[C@@H]1c1nc(F)c(-c2ccc3[nH]c(=O)c(C(F)(F)F)cc3c2)[nH]1. The van der Waals surface area contributed by atoms with Crippen LogP contribution < -0.4 is 11.1 Å². The van der Waals surface area contributed by atoms with Crippen LogP contribution in [0.3, 0.4) is 0 Å². The standard InChI is InChI=1S/C30H19ClF4N8O2/c1-2-14-8-19-9-16(20-12-18(31)4-6-23(20)42-13-36-40-41-42)11-24(44)43(19)26(14)28-38-25(27(32)39-28)15-3-5-22-17(7-15)10-21(29(45)37-22)30(33,34)35/h2-7,9-14,26H,1,8H2,(H,37,45)(H,38,39)/t14-,26-/m0/s1. The number of hydrogen-bond donors (Lipinski definition) is 2. The van der Waals surface area contributed by atoms with Gasteiger partial charge in [0.1, 0.15) is 29.5 Å². The first-order chi connectivity index (χ1) is 21.5. The number of nitrogens with zero attached hydrogens (tertiary/aromatic N) is 6. The van der Waals surface area contributed by atoms with E-state index < -0.39 is 29.3 Å². The average molecular weight is 635 g/mol. The molecule has 2 aromatic carbocycles. The lowest BCUT2D eigenvalue weighted by Crippen LogP contribution is -2.26. The molecule has 0 unspecified atom stereocenters. The minimum Gasteiger partial charge on any atom is -0.338 e. The molecule has 0 spiro atoms. The molecule has 0 fully saturated rings. The van der Waals surface area contributed by atoms with Crippen LogP contribution in [-0.4, -0.2) is 39.7 Å². The maximum Gasteiger partial charge on any atom is 0.421 e. The van der Waals surface area contributed by atoms with Crippen molar-refractivity contribution in [1.82, 2.24) is 39.7 Å². The van der Waals surface area contributed by atoms with Crippen molar-refractivity contribution in [2.45, 2.75) is 18.6 Å². The van der Waals surface area contributed by atoms with Crippen LogP contribution in [0.2, 0.25) is 5.02 Å². The molecule has 2 atom stereocenters. The molecule has 6 aromatic rings. The Bertz CT molecular complexity index is 2260. The normalized spacial score (nSPS) is 16.3. The third-order valence-electron chi connectivity index (χ3n) is 7.84. The molecule has 7 rings (SSSR count). The predicted octanol–water partition coefficient (Wildman–Crippen LogP) is 5.48. The average Bonchev–Trinajstić information content (AvgIpc) is 3.75. The molecule has 2 N–H and O–H groups in total. The Balaban J connectivity index is 1.31. The molecule has 1 aliphatic rings. The second-order valence-electron chi connectivity index (χ2n) is 10.5. The molecular formula is C30H19ClF4N8O2. The molecule has 0 radical (unpaired) electrons. The Kier molecular flexibility index (Phi) is 6.55. The molecule has 10 nitrogen and oxygen atoms in total. The second kappa shape index (κ2) is 10.4. The van der Waals surface area contributed by atoms with Crippen molar-refractivity contribution in [3.8, 4) is 28.1 Å². The Morgan fingerprint density at radius 2 is 1.84 bits per heavy atom. The summed E-state index contributed by atoms with van der Waals surface area (Å²) in [6, 6.07) is 12.5. The number of benzene rings is 2. The first-order valence-corrected chi connectivity index (χ1v) is 13.8. The van der Waals surface area contributed by atoms with Gasteiger partial charge in [-0.15, -0.1) is 11.7 Å². The largest absolute Gasteiger partial charge is 0.421 e. The number of tetrazole rings is 1. The summed E-state index contributed by atoms with van der Waals surface area (Å²) >= 11 is 6.30. The van der Waals surface area contributed by atoms with Crippen LogP contribution in [-0.2, 0) is 12.6 Å². The van der Waals surface area contributed by atoms with E-state index in [1.165, 1.54) is 39.8 Å². The molecule has 0 saturated heterocycles. The Morgan fingerprint density at radius 3 is 2.58 bits per heavy atom. The first kappa shape index (κ1) is 28.4. The smallest absolute Gasteiger partial charge is 0.338 e. The lowest BCUT2D eigenvalue weighted by atomic mass is 9.98. The number of aromatic amines is 2. The molecule has 0 saturated carbocycles. The van der Waals surface area contributed by atoms with Gasteiger partial charge < -0.3 is 14.5 Å². The molecule has 0 amide bonds. The third kappa shape index (κ3) is 4.83. The summed E-state index contributed by atoms with van der Waals surface area (Å²) < 4.78 is 58.4. The molecular weight excluding hydrogens is 616 g/mol. The van der Waals surface area contributed by atoms with Crippen LogP contribution in [0.25, 0.3) is 39.0 Å². The zero-order chi connectivity index (χ0) is 31.6. The molecule has 0 aliphatic carbocycles. The summed E-state index contributed by atoms with van der Waals surface area (Å²) in [5.41, 5.74) is -0.326. The topological polar surface area (TPSA) is 127 Å². The summed E-state index contributed by atoms with van der Waals surface area (Å²) in [6.07, 6.45) is -1.40. The van der Waals surface area contributed by atoms with Gasteiger partial charge in [-0.2, -0.15) is 22.2 Å². The van der Waals surface area contributed by atoms with Crippen LogP contribution in [0.4, 0.5) is 17.6 Å². The van der Waals surface area contributed by atoms with Crippen molar-refractivity contribution in [2.24, 2.45) is 5.92 Å². The van der Waals surface area contributed by atoms with Crippen LogP contribution in [0.15, 0.2) is 83.2 Å². The number of aromatic nitrogens is 8. The number of nitrogens with one attached hydrogen (secondary N) is 2. The van der Waals surface area contributed by atoms with E-state index >= 15 is 4.39 Å². The van der Waals surface area contributed by atoms with Crippen LogP contribution in [0.5, 0.6) is 0 Å². The number of hydrogen-bond acceptors (Lipinski definition) is 6. The van der Waals surface area contributed by atoms with Gasteiger partial charge in [0.25, 0.3) is 11.1 Å². The zero-order valence-electron chi connectivity index (χ0n) is 22.8. The van der Waals surface area contributed by atoms with E-state index in [0.29, 0.717) is 34.0 Å². The van der Waals surface area contributed by atoms with Gasteiger partial charge in [0.15, 0.2) is 0 Å². The van der Waals surface area contributed by atoms with Crippen molar-refractivity contribution in [2.75, 3.05) is 0 Å². The lowest BCUT2D eigenvalue weighted by molar-refractivity contribution is -0.138. The molecule has 226 valence electrons. The maximum absolute atomic E-state index is 15.4. The fourth-order valence-corrected chi connectivity index (χ4v) is 6.00. The van der Waals surface area contributed by atoms with Crippen LogP contribution in [0.1, 0.15) is 23.1 Å². The molecule has 5 heterocycles. The van der Waals surface area contributed by atoms with Crippen molar-refractivity contribution >= 4 is 22.5 Å². The van der Waals surface area contributed by atoms with Gasteiger partial charge in [-0.3, -0.25) is 9.59 Å². The Labute approximate surface area is 254 Å². The number of pyridine rings is 2. The third-order valence-corrected chi connectivity index (χ3v) is 8.08. The van der Waals surface area contributed by atoms with Crippen molar-refractivity contribution in [3.63, 3.8) is 0 Å². The van der Waals surface area contributed by atoms with E-state index in [0.717, 1.165) is 6.07 Å². The van der Waals surface area contributed by atoms with Crippen molar-refractivity contribution in [1.29, 1.82) is 0 Å². The molecule has 45 heavy (non-hydrogen) atoms.